The fraction of sp³-hybridized carbons (Fsp3) is 0.429. The maximum Gasteiger partial charge on any atom is 0.311 e. The van der Waals surface area contributed by atoms with Crippen LogP contribution in [0.3, 0.4) is 0 Å². The normalized spacial score (nSPS) is 22.1. The van der Waals surface area contributed by atoms with Crippen LogP contribution in [-0.4, -0.2) is 44.4 Å². The molecule has 2 aromatic rings. The van der Waals surface area contributed by atoms with E-state index in [1.54, 1.807) is 4.68 Å². The third-order valence-electron chi connectivity index (χ3n) is 3.96. The fourth-order valence-corrected chi connectivity index (χ4v) is 2.77. The van der Waals surface area contributed by atoms with Crippen LogP contribution in [0.5, 0.6) is 0 Å². The molecule has 3 rings (SSSR count). The highest BCUT2D eigenvalue weighted by molar-refractivity contribution is 5.75. The van der Waals surface area contributed by atoms with Crippen molar-refractivity contribution in [1.29, 1.82) is 0 Å². The Balaban J connectivity index is 1.91. The number of hydrogen-bond donors (Lipinski definition) is 2. The monoisotopic (exact) mass is 287 g/mol. The molecule has 0 spiro atoms. The molecule has 1 aliphatic heterocycles. The van der Waals surface area contributed by atoms with Crippen LogP contribution < -0.4 is 5.32 Å². The lowest BCUT2D eigenvalue weighted by molar-refractivity contribution is -0.150. The molecule has 1 aliphatic rings. The molecular formula is C14H17N5O2. The van der Waals surface area contributed by atoms with Crippen LogP contribution >= 0.6 is 0 Å². The molecule has 7 nitrogen and oxygen atoms in total. The molecule has 1 unspecified atom stereocenters. The molecule has 1 atom stereocenters. The van der Waals surface area contributed by atoms with Gasteiger partial charge in [-0.05, 0) is 41.9 Å². The fourth-order valence-electron chi connectivity index (χ4n) is 2.77. The Kier molecular flexibility index (Phi) is 3.66. The lowest BCUT2D eigenvalue weighted by Crippen LogP contribution is -2.47. The predicted octanol–water partition coefficient (Wildman–Crippen LogP) is 0.659. The van der Waals surface area contributed by atoms with Crippen molar-refractivity contribution in [3.05, 3.63) is 36.2 Å². The largest absolute Gasteiger partial charge is 0.481 e. The number of aliphatic carboxylic acids is 1. The first kappa shape index (κ1) is 13.7. The van der Waals surface area contributed by atoms with E-state index in [-0.39, 0.29) is 0 Å². The SMILES string of the molecule is O=C(O)C1(Cc2nnnn2-c2ccccc2)CCCNC1. The highest BCUT2D eigenvalue weighted by Crippen LogP contribution is 2.30. The zero-order chi connectivity index (χ0) is 14.7. The third kappa shape index (κ3) is 2.64. The van der Waals surface area contributed by atoms with Gasteiger partial charge in [0.2, 0.25) is 0 Å². The van der Waals surface area contributed by atoms with E-state index in [9.17, 15) is 9.90 Å². The molecule has 21 heavy (non-hydrogen) atoms. The van der Waals surface area contributed by atoms with Crippen LogP contribution in [0.2, 0.25) is 0 Å². The van der Waals surface area contributed by atoms with Gasteiger partial charge in [-0.1, -0.05) is 18.2 Å². The summed E-state index contributed by atoms with van der Waals surface area (Å²) in [7, 11) is 0. The first-order chi connectivity index (χ1) is 10.2. The van der Waals surface area contributed by atoms with E-state index < -0.39 is 11.4 Å². The summed E-state index contributed by atoms with van der Waals surface area (Å²) in [4.78, 5) is 11.7. The topological polar surface area (TPSA) is 92.9 Å². The second kappa shape index (κ2) is 5.61. The summed E-state index contributed by atoms with van der Waals surface area (Å²) < 4.78 is 1.61. The summed E-state index contributed by atoms with van der Waals surface area (Å²) in [5.41, 5.74) is 0.00117. The van der Waals surface area contributed by atoms with Gasteiger partial charge in [-0.3, -0.25) is 4.79 Å². The zero-order valence-electron chi connectivity index (χ0n) is 11.6. The molecule has 1 saturated heterocycles. The number of nitrogens with zero attached hydrogens (tertiary/aromatic N) is 4. The van der Waals surface area contributed by atoms with E-state index in [2.05, 4.69) is 20.8 Å². The van der Waals surface area contributed by atoms with Gasteiger partial charge in [0.1, 0.15) is 0 Å². The number of carboxylic acid groups (broad SMARTS) is 1. The van der Waals surface area contributed by atoms with Crippen molar-refractivity contribution >= 4 is 5.97 Å². The summed E-state index contributed by atoms with van der Waals surface area (Å²) in [6.07, 6.45) is 1.80. The van der Waals surface area contributed by atoms with Crippen molar-refractivity contribution < 1.29 is 9.90 Å². The van der Waals surface area contributed by atoms with Gasteiger partial charge in [-0.25, -0.2) is 0 Å². The summed E-state index contributed by atoms with van der Waals surface area (Å²) >= 11 is 0. The number of carboxylic acids is 1. The van der Waals surface area contributed by atoms with Crippen molar-refractivity contribution in [3.8, 4) is 5.69 Å². The number of piperidine rings is 1. The van der Waals surface area contributed by atoms with Gasteiger partial charge in [0.25, 0.3) is 0 Å². The lowest BCUT2D eigenvalue weighted by Gasteiger charge is -2.33. The van der Waals surface area contributed by atoms with E-state index in [1.165, 1.54) is 0 Å². The lowest BCUT2D eigenvalue weighted by atomic mass is 9.77. The minimum Gasteiger partial charge on any atom is -0.481 e. The second-order valence-electron chi connectivity index (χ2n) is 5.39. The van der Waals surface area contributed by atoms with Gasteiger partial charge in [-0.15, -0.1) is 5.10 Å². The summed E-state index contributed by atoms with van der Waals surface area (Å²) in [5.74, 6) is -0.218. The standard InChI is InChI=1S/C14H17N5O2/c20-13(21)14(7-4-8-15-10-14)9-12-16-17-18-19(12)11-5-2-1-3-6-11/h1-3,5-6,15H,4,7-10H2,(H,20,21). The third-order valence-corrected chi connectivity index (χ3v) is 3.96. The maximum atomic E-state index is 11.7. The Hall–Kier alpha value is -2.28. The molecule has 1 fully saturated rings. The molecule has 110 valence electrons. The molecule has 0 saturated carbocycles. The van der Waals surface area contributed by atoms with Gasteiger partial charge in [0.05, 0.1) is 11.1 Å². The van der Waals surface area contributed by atoms with Crippen molar-refractivity contribution in [1.82, 2.24) is 25.5 Å². The molecule has 0 amide bonds. The number of tetrazole rings is 1. The van der Waals surface area contributed by atoms with Crippen LogP contribution in [-0.2, 0) is 11.2 Å². The molecule has 0 bridgehead atoms. The van der Waals surface area contributed by atoms with E-state index in [4.69, 9.17) is 0 Å². The molecule has 0 radical (unpaired) electrons. The Bertz CT molecular complexity index is 619. The summed E-state index contributed by atoms with van der Waals surface area (Å²) in [5, 5.41) is 24.5. The number of aromatic nitrogens is 4. The first-order valence-electron chi connectivity index (χ1n) is 6.98. The van der Waals surface area contributed by atoms with Crippen LogP contribution in [0, 0.1) is 5.41 Å². The summed E-state index contributed by atoms with van der Waals surface area (Å²) in [6.45, 7) is 1.31. The van der Waals surface area contributed by atoms with Crippen molar-refractivity contribution in [2.75, 3.05) is 13.1 Å². The molecule has 2 heterocycles. The van der Waals surface area contributed by atoms with Gasteiger partial charge < -0.3 is 10.4 Å². The molecular weight excluding hydrogens is 270 g/mol. The quantitative estimate of drug-likeness (QED) is 0.858. The van der Waals surface area contributed by atoms with Gasteiger partial charge >= 0.3 is 5.97 Å². The van der Waals surface area contributed by atoms with Crippen LogP contribution in [0.1, 0.15) is 18.7 Å². The Labute approximate surface area is 122 Å². The molecule has 7 heteroatoms. The maximum absolute atomic E-state index is 11.7. The van der Waals surface area contributed by atoms with E-state index in [0.717, 1.165) is 18.7 Å². The minimum absolute atomic E-state index is 0.317. The van der Waals surface area contributed by atoms with Gasteiger partial charge in [0, 0.05) is 13.0 Å². The average Bonchev–Trinajstić information content (AvgIpc) is 2.97. The van der Waals surface area contributed by atoms with Crippen molar-refractivity contribution in [2.24, 2.45) is 5.41 Å². The number of hydrogen-bond acceptors (Lipinski definition) is 5. The smallest absolute Gasteiger partial charge is 0.311 e. The minimum atomic E-state index is -0.834. The number of carbonyl (C=O) groups is 1. The second-order valence-corrected chi connectivity index (χ2v) is 5.39. The van der Waals surface area contributed by atoms with Crippen LogP contribution in [0.4, 0.5) is 0 Å². The average molecular weight is 287 g/mol. The number of rotatable bonds is 4. The van der Waals surface area contributed by atoms with Crippen LogP contribution in [0.15, 0.2) is 30.3 Å². The van der Waals surface area contributed by atoms with E-state index >= 15 is 0 Å². The van der Waals surface area contributed by atoms with E-state index in [1.807, 2.05) is 30.3 Å². The molecule has 1 aromatic carbocycles. The highest BCUT2D eigenvalue weighted by atomic mass is 16.4. The molecule has 2 N–H and O–H groups in total. The van der Waals surface area contributed by atoms with Crippen LogP contribution in [0.25, 0.3) is 5.69 Å². The van der Waals surface area contributed by atoms with Gasteiger partial charge in [0.15, 0.2) is 5.82 Å². The Morgan fingerprint density at radius 2 is 2.19 bits per heavy atom. The predicted molar refractivity (Wildman–Crippen MR) is 75.0 cm³/mol. The Morgan fingerprint density at radius 3 is 2.86 bits per heavy atom. The molecule has 0 aliphatic carbocycles. The molecule has 1 aromatic heterocycles. The summed E-state index contributed by atoms with van der Waals surface area (Å²) in [6, 6.07) is 9.50. The number of benzene rings is 1. The van der Waals surface area contributed by atoms with E-state index in [0.29, 0.717) is 25.2 Å². The Morgan fingerprint density at radius 1 is 1.38 bits per heavy atom. The highest BCUT2D eigenvalue weighted by Gasteiger charge is 2.41. The van der Waals surface area contributed by atoms with Crippen molar-refractivity contribution in [3.63, 3.8) is 0 Å². The number of nitrogens with one attached hydrogen (secondary N) is 1. The van der Waals surface area contributed by atoms with Crippen molar-refractivity contribution in [2.45, 2.75) is 19.3 Å². The van der Waals surface area contributed by atoms with Gasteiger partial charge in [-0.2, -0.15) is 4.68 Å². The first-order valence-corrected chi connectivity index (χ1v) is 6.98. The number of para-hydroxylation sites is 1. The zero-order valence-corrected chi connectivity index (χ0v) is 11.6.